The number of phosphoric acid groups is 2. The number of imidazole rings is 1. The lowest BCUT2D eigenvalue weighted by molar-refractivity contribution is -0.765. The van der Waals surface area contributed by atoms with E-state index in [1.54, 1.807) is 0 Å². The molecule has 2 saturated heterocycles. The number of hydrogen-bond acceptors (Lipinski definition) is 18. The van der Waals surface area contributed by atoms with Crippen molar-refractivity contribution in [3.8, 4) is 0 Å². The van der Waals surface area contributed by atoms with E-state index in [9.17, 15) is 48.9 Å². The van der Waals surface area contributed by atoms with Gasteiger partial charge in [0.05, 0.1) is 19.5 Å². The first kappa shape index (κ1) is 37.6. The highest BCUT2D eigenvalue weighted by Gasteiger charge is 2.50. The van der Waals surface area contributed by atoms with Crippen LogP contribution in [0.15, 0.2) is 55.6 Å². The van der Waals surface area contributed by atoms with Crippen LogP contribution >= 0.6 is 15.6 Å². The van der Waals surface area contributed by atoms with E-state index in [1.807, 2.05) is 0 Å². The van der Waals surface area contributed by atoms with E-state index in [2.05, 4.69) is 24.2 Å². The number of hydrogen-bond donors (Lipinski definition) is 8. The Labute approximate surface area is 291 Å². The van der Waals surface area contributed by atoms with E-state index < -0.39 is 89.6 Å². The number of rotatable bonds is 13. The number of aliphatic hydroxyl groups is 4. The fourth-order valence-corrected chi connectivity index (χ4v) is 7.59. The van der Waals surface area contributed by atoms with Crippen LogP contribution in [0.3, 0.4) is 0 Å². The van der Waals surface area contributed by atoms with Gasteiger partial charge in [0.25, 0.3) is 12.1 Å². The summed E-state index contributed by atoms with van der Waals surface area (Å²) in [5.74, 6) is -1.51. The van der Waals surface area contributed by atoms with Gasteiger partial charge in [0.2, 0.25) is 0 Å². The number of aliphatic hydroxyl groups excluding tert-OH is 4. The molecule has 23 nitrogen and oxygen atoms in total. The van der Waals surface area contributed by atoms with Gasteiger partial charge in [-0.3, -0.25) is 28.2 Å². The zero-order valence-corrected chi connectivity index (χ0v) is 28.1. The number of fused-ring (bicyclic) bond motifs is 1. The SMILES string of the molecule is NC(=O)c1c[n+]([C@@H]2O[C@H](COP(=O)(O)OP(=O)(O)OC[C@H]3O[C@@H](n4cnc5c(N)ncnc54)[C@H](O)[C@@H]3O)[C@@H](O)[C@H]2O)ccc1C(=O)c1ccncc1. The molecule has 0 spiro atoms. The van der Waals surface area contributed by atoms with Crippen LogP contribution < -0.4 is 16.0 Å². The lowest BCUT2D eigenvalue weighted by Crippen LogP contribution is -2.47. The zero-order valence-electron chi connectivity index (χ0n) is 26.3. The largest absolute Gasteiger partial charge is 0.481 e. The highest BCUT2D eigenvalue weighted by atomic mass is 31.3. The third-order valence-corrected chi connectivity index (χ3v) is 10.7. The maximum absolute atomic E-state index is 13.0. The molecule has 0 saturated carbocycles. The lowest BCUT2D eigenvalue weighted by Gasteiger charge is -2.20. The van der Waals surface area contributed by atoms with E-state index in [-0.39, 0.29) is 33.7 Å². The van der Waals surface area contributed by atoms with E-state index in [0.29, 0.717) is 0 Å². The Kier molecular flexibility index (Phi) is 10.6. The van der Waals surface area contributed by atoms with Gasteiger partial charge in [-0.05, 0) is 12.1 Å². The molecule has 52 heavy (non-hydrogen) atoms. The summed E-state index contributed by atoms with van der Waals surface area (Å²) in [4.78, 5) is 61.2. The molecule has 10 atom stereocenters. The maximum atomic E-state index is 13.0. The summed E-state index contributed by atoms with van der Waals surface area (Å²) in [5.41, 5.74) is 11.5. The molecule has 0 aliphatic carbocycles. The molecule has 10 N–H and O–H groups in total. The van der Waals surface area contributed by atoms with Gasteiger partial charge >= 0.3 is 15.6 Å². The molecule has 6 rings (SSSR count). The fraction of sp³-hybridized carbons (Fsp3) is 0.370. The van der Waals surface area contributed by atoms with Crippen molar-refractivity contribution in [2.75, 3.05) is 18.9 Å². The Hall–Kier alpha value is -4.19. The number of ether oxygens (including phenoxy) is 2. The van der Waals surface area contributed by atoms with E-state index >= 15 is 0 Å². The van der Waals surface area contributed by atoms with Crippen LogP contribution in [-0.2, 0) is 32.0 Å². The second-order valence-electron chi connectivity index (χ2n) is 11.4. The van der Waals surface area contributed by atoms with Gasteiger partial charge in [-0.2, -0.15) is 8.88 Å². The molecule has 2 aliphatic rings. The number of aromatic nitrogens is 6. The third-order valence-electron chi connectivity index (χ3n) is 8.07. The Morgan fingerprint density at radius 2 is 1.52 bits per heavy atom. The minimum absolute atomic E-state index is 0.0370. The van der Waals surface area contributed by atoms with Crippen LogP contribution in [0.2, 0.25) is 0 Å². The molecule has 278 valence electrons. The number of carbonyl (C=O) groups is 2. The molecule has 4 aromatic heterocycles. The lowest BCUT2D eigenvalue weighted by atomic mass is 10.0. The van der Waals surface area contributed by atoms with Crippen molar-refractivity contribution in [3.05, 3.63) is 72.3 Å². The fourth-order valence-electron chi connectivity index (χ4n) is 5.50. The van der Waals surface area contributed by atoms with Crippen LogP contribution in [0.5, 0.6) is 0 Å². The molecule has 0 aromatic carbocycles. The van der Waals surface area contributed by atoms with Gasteiger partial charge < -0.3 is 51.2 Å². The Balaban J connectivity index is 1.05. The molecular formula is C27H31N8O15P2+. The summed E-state index contributed by atoms with van der Waals surface area (Å²) in [6.07, 6.45) is -5.03. The van der Waals surface area contributed by atoms with Crippen molar-refractivity contribution in [1.82, 2.24) is 24.5 Å². The number of nitrogens with two attached hydrogens (primary N) is 2. The quantitative estimate of drug-likeness (QED) is 0.0399. The topological polar surface area (TPSA) is 348 Å². The second kappa shape index (κ2) is 14.7. The summed E-state index contributed by atoms with van der Waals surface area (Å²) < 4.78 is 52.4. The number of nitrogens with zero attached hydrogens (tertiary/aromatic N) is 6. The van der Waals surface area contributed by atoms with Crippen LogP contribution in [0, 0.1) is 0 Å². The Morgan fingerprint density at radius 1 is 0.885 bits per heavy atom. The number of anilines is 1. The minimum Gasteiger partial charge on any atom is -0.387 e. The molecule has 6 heterocycles. The van der Waals surface area contributed by atoms with Crippen LogP contribution in [0.1, 0.15) is 38.7 Å². The first-order valence-corrected chi connectivity index (χ1v) is 18.0. The normalized spacial score (nSPS) is 28.4. The molecule has 4 aromatic rings. The first-order chi connectivity index (χ1) is 24.6. The summed E-state index contributed by atoms with van der Waals surface area (Å²) in [6.45, 7) is -1.91. The number of carbonyl (C=O) groups excluding carboxylic acids is 2. The molecular weight excluding hydrogens is 738 g/mol. The number of ketones is 1. The molecule has 2 fully saturated rings. The Bertz CT molecular complexity index is 2080. The number of phosphoric ester groups is 2. The summed E-state index contributed by atoms with van der Waals surface area (Å²) in [6, 6.07) is 4.10. The summed E-state index contributed by atoms with van der Waals surface area (Å²) in [7, 11) is -10.9. The van der Waals surface area contributed by atoms with E-state index in [4.69, 9.17) is 30.0 Å². The minimum atomic E-state index is -5.46. The van der Waals surface area contributed by atoms with Gasteiger partial charge in [-0.25, -0.2) is 24.1 Å². The molecule has 2 aliphatic heterocycles. The highest BCUT2D eigenvalue weighted by Crippen LogP contribution is 2.60. The number of amides is 1. The monoisotopic (exact) mass is 769 g/mol. The summed E-state index contributed by atoms with van der Waals surface area (Å²) in [5, 5.41) is 42.3. The predicted molar refractivity (Wildman–Crippen MR) is 167 cm³/mol. The van der Waals surface area contributed by atoms with Crippen molar-refractivity contribution in [3.63, 3.8) is 0 Å². The van der Waals surface area contributed by atoms with Crippen LogP contribution in [-0.4, -0.2) is 116 Å². The van der Waals surface area contributed by atoms with Crippen LogP contribution in [0.25, 0.3) is 11.2 Å². The molecule has 0 radical (unpaired) electrons. The third kappa shape index (κ3) is 7.63. The second-order valence-corrected chi connectivity index (χ2v) is 14.5. The summed E-state index contributed by atoms with van der Waals surface area (Å²) >= 11 is 0. The smallest absolute Gasteiger partial charge is 0.387 e. The van der Waals surface area contributed by atoms with Gasteiger partial charge in [-0.1, -0.05) is 0 Å². The average molecular weight is 770 g/mol. The molecule has 1 amide bonds. The van der Waals surface area contributed by atoms with Gasteiger partial charge in [0, 0.05) is 29.6 Å². The van der Waals surface area contributed by atoms with E-state index in [1.165, 1.54) is 47.7 Å². The van der Waals surface area contributed by atoms with Crippen molar-refractivity contribution < 1.29 is 76.3 Å². The van der Waals surface area contributed by atoms with Gasteiger partial charge in [-0.15, -0.1) is 0 Å². The number of pyridine rings is 2. The first-order valence-electron chi connectivity index (χ1n) is 15.0. The predicted octanol–water partition coefficient (Wildman–Crippen LogP) is -2.39. The zero-order chi connectivity index (χ0) is 37.5. The van der Waals surface area contributed by atoms with Crippen molar-refractivity contribution in [2.45, 2.75) is 49.1 Å². The number of primary amides is 1. The molecule has 2 unspecified atom stereocenters. The average Bonchev–Trinajstić information content (AvgIpc) is 3.75. The van der Waals surface area contributed by atoms with Gasteiger partial charge in [0.15, 0.2) is 42.0 Å². The standard InChI is InChI=1S/C27H30N8O15P2/c28-23-17-25(32-10-31-23)35(11-33-17)27-22(40)20(38)16(49-27)9-47-52(44,45)50-51(42,43)46-8-15-19(37)21(39)26(48-15)34-6-3-13(14(7-34)24(29)41)18(36)12-1-4-30-5-2-12/h1-7,10-11,15-16,19-22,26-27,37-40H,8-9H2,(H5-,28,29,31,32,41,42,43,44,45)/p+1/t15-,16-,19-,20-,21-,22-,26-,27-/m1/s1. The van der Waals surface area contributed by atoms with E-state index in [0.717, 1.165) is 17.1 Å². The molecule has 25 heteroatoms. The van der Waals surface area contributed by atoms with Crippen LogP contribution in [0.4, 0.5) is 5.82 Å². The molecule has 0 bridgehead atoms. The maximum Gasteiger partial charge on any atom is 0.481 e. The van der Waals surface area contributed by atoms with Crippen molar-refractivity contribution in [1.29, 1.82) is 0 Å². The Morgan fingerprint density at radius 3 is 2.17 bits per heavy atom. The van der Waals surface area contributed by atoms with Crippen molar-refractivity contribution in [2.24, 2.45) is 5.73 Å². The highest BCUT2D eigenvalue weighted by molar-refractivity contribution is 7.61. The van der Waals surface area contributed by atoms with Crippen molar-refractivity contribution >= 4 is 44.3 Å². The number of nitrogen functional groups attached to an aromatic ring is 1. The van der Waals surface area contributed by atoms with Gasteiger partial charge in [0.1, 0.15) is 47.9 Å².